The Morgan fingerprint density at radius 3 is 2.86 bits per heavy atom. The van der Waals surface area contributed by atoms with Gasteiger partial charge in [0, 0.05) is 9.50 Å². The number of carbonyl (C=O) groups excluding carboxylic acids is 1. The Labute approximate surface area is 96.9 Å². The highest BCUT2D eigenvalue weighted by molar-refractivity contribution is 9.10. The molecular formula is C11H10BrClO. The number of hydrogen-bond donors (Lipinski definition) is 0. The van der Waals surface area contributed by atoms with Crippen LogP contribution in [0.15, 0.2) is 28.2 Å². The van der Waals surface area contributed by atoms with Gasteiger partial charge in [-0.2, -0.15) is 0 Å². The Bertz CT molecular complexity index is 372. The summed E-state index contributed by atoms with van der Waals surface area (Å²) in [5, 5.41) is 0.654. The minimum Gasteiger partial charge on any atom is -0.298 e. The maximum absolute atomic E-state index is 10.6. The second-order valence-corrected chi connectivity index (χ2v) is 4.18. The summed E-state index contributed by atoms with van der Waals surface area (Å²) in [6.07, 6.45) is 3.38. The van der Waals surface area contributed by atoms with E-state index >= 15 is 0 Å². The van der Waals surface area contributed by atoms with Gasteiger partial charge < -0.3 is 0 Å². The van der Waals surface area contributed by atoms with Gasteiger partial charge in [-0.05, 0) is 41.8 Å². The summed E-state index contributed by atoms with van der Waals surface area (Å²) in [5.74, 6) is 0. The van der Waals surface area contributed by atoms with Crippen molar-refractivity contribution in [2.75, 3.05) is 0 Å². The van der Waals surface area contributed by atoms with E-state index in [4.69, 9.17) is 11.6 Å². The topological polar surface area (TPSA) is 17.1 Å². The summed E-state index contributed by atoms with van der Waals surface area (Å²) in [5.41, 5.74) is 1.61. The molecule has 0 heterocycles. The summed E-state index contributed by atoms with van der Waals surface area (Å²) < 4.78 is 0.953. The zero-order valence-corrected chi connectivity index (χ0v) is 10.1. The SMILES string of the molecule is CC/C(C=O)=C/c1cc(Br)ccc1Cl. The number of allylic oxidation sites excluding steroid dienone is 1. The first-order valence-electron chi connectivity index (χ1n) is 4.28. The van der Waals surface area contributed by atoms with Gasteiger partial charge in [0.25, 0.3) is 0 Å². The molecule has 1 aromatic carbocycles. The van der Waals surface area contributed by atoms with Crippen LogP contribution in [0.2, 0.25) is 5.02 Å². The normalized spacial score (nSPS) is 11.5. The lowest BCUT2D eigenvalue weighted by molar-refractivity contribution is -0.104. The van der Waals surface area contributed by atoms with Crippen molar-refractivity contribution in [1.82, 2.24) is 0 Å². The third-order valence-electron chi connectivity index (χ3n) is 1.86. The number of benzene rings is 1. The molecule has 1 nitrogen and oxygen atoms in total. The fourth-order valence-corrected chi connectivity index (χ4v) is 1.60. The summed E-state index contributed by atoms with van der Waals surface area (Å²) in [6.45, 7) is 1.94. The summed E-state index contributed by atoms with van der Waals surface area (Å²) >= 11 is 9.33. The maximum Gasteiger partial charge on any atom is 0.146 e. The van der Waals surface area contributed by atoms with Crippen LogP contribution < -0.4 is 0 Å². The third kappa shape index (κ3) is 2.96. The van der Waals surface area contributed by atoms with E-state index in [0.29, 0.717) is 11.4 Å². The van der Waals surface area contributed by atoms with Crippen molar-refractivity contribution in [1.29, 1.82) is 0 Å². The summed E-state index contributed by atoms with van der Waals surface area (Å²) in [7, 11) is 0. The summed E-state index contributed by atoms with van der Waals surface area (Å²) in [6, 6.07) is 5.56. The third-order valence-corrected chi connectivity index (χ3v) is 2.70. The second kappa shape index (κ2) is 5.32. The minimum atomic E-state index is 0.654. The van der Waals surface area contributed by atoms with Crippen molar-refractivity contribution in [3.63, 3.8) is 0 Å². The predicted octanol–water partition coefficient (Wildman–Crippen LogP) is 4.09. The van der Waals surface area contributed by atoms with Crippen molar-refractivity contribution in [3.8, 4) is 0 Å². The van der Waals surface area contributed by atoms with Crippen LogP contribution in [0.1, 0.15) is 18.9 Å². The average molecular weight is 274 g/mol. The number of halogens is 2. The van der Waals surface area contributed by atoms with Crippen molar-refractivity contribution in [3.05, 3.63) is 38.8 Å². The molecule has 1 rings (SSSR count). The molecule has 0 radical (unpaired) electrons. The van der Waals surface area contributed by atoms with Crippen LogP contribution in [0.5, 0.6) is 0 Å². The molecule has 0 amide bonds. The molecule has 0 aliphatic carbocycles. The van der Waals surface area contributed by atoms with E-state index in [0.717, 1.165) is 21.9 Å². The average Bonchev–Trinajstić information content (AvgIpc) is 2.19. The smallest absolute Gasteiger partial charge is 0.146 e. The second-order valence-electron chi connectivity index (χ2n) is 2.86. The Hall–Kier alpha value is -0.600. The number of hydrogen-bond acceptors (Lipinski definition) is 1. The van der Waals surface area contributed by atoms with Crippen LogP contribution in [0.3, 0.4) is 0 Å². The molecule has 0 unspecified atom stereocenters. The molecule has 0 aliphatic rings. The van der Waals surface area contributed by atoms with Crippen LogP contribution in [0.4, 0.5) is 0 Å². The van der Waals surface area contributed by atoms with Gasteiger partial charge in [-0.3, -0.25) is 4.79 Å². The Morgan fingerprint density at radius 2 is 2.29 bits per heavy atom. The van der Waals surface area contributed by atoms with E-state index in [-0.39, 0.29) is 0 Å². The number of aldehydes is 1. The lowest BCUT2D eigenvalue weighted by Crippen LogP contribution is -1.83. The van der Waals surface area contributed by atoms with Gasteiger partial charge in [0.15, 0.2) is 0 Å². The van der Waals surface area contributed by atoms with Crippen molar-refractivity contribution < 1.29 is 4.79 Å². The van der Waals surface area contributed by atoms with Crippen LogP contribution in [-0.2, 0) is 4.79 Å². The number of rotatable bonds is 3. The van der Waals surface area contributed by atoms with Gasteiger partial charge in [0.2, 0.25) is 0 Å². The summed E-state index contributed by atoms with van der Waals surface area (Å²) in [4.78, 5) is 10.6. The highest BCUT2D eigenvalue weighted by atomic mass is 79.9. The van der Waals surface area contributed by atoms with Crippen LogP contribution in [0, 0.1) is 0 Å². The van der Waals surface area contributed by atoms with E-state index in [9.17, 15) is 4.79 Å². The van der Waals surface area contributed by atoms with Gasteiger partial charge in [-0.15, -0.1) is 0 Å². The van der Waals surface area contributed by atoms with Crippen LogP contribution in [0.25, 0.3) is 6.08 Å². The van der Waals surface area contributed by atoms with Crippen molar-refractivity contribution in [2.45, 2.75) is 13.3 Å². The standard InChI is InChI=1S/C11H10BrClO/c1-2-8(7-14)5-9-6-10(12)3-4-11(9)13/h3-7H,2H2,1H3/b8-5-. The molecule has 0 saturated carbocycles. The first-order chi connectivity index (χ1) is 6.67. The van der Waals surface area contributed by atoms with E-state index in [2.05, 4.69) is 15.9 Å². The van der Waals surface area contributed by atoms with Crippen LogP contribution >= 0.6 is 27.5 Å². The zero-order valence-electron chi connectivity index (χ0n) is 7.76. The largest absolute Gasteiger partial charge is 0.298 e. The molecule has 0 bridgehead atoms. The lowest BCUT2D eigenvalue weighted by atomic mass is 10.1. The molecule has 0 aliphatic heterocycles. The van der Waals surface area contributed by atoms with Crippen LogP contribution in [-0.4, -0.2) is 6.29 Å². The minimum absolute atomic E-state index is 0.654. The molecule has 0 spiro atoms. The first kappa shape index (κ1) is 11.5. The Morgan fingerprint density at radius 1 is 1.57 bits per heavy atom. The Balaban J connectivity index is 3.12. The van der Waals surface area contributed by atoms with Gasteiger partial charge >= 0.3 is 0 Å². The molecule has 14 heavy (non-hydrogen) atoms. The van der Waals surface area contributed by atoms with Gasteiger partial charge in [-0.25, -0.2) is 0 Å². The zero-order chi connectivity index (χ0) is 10.6. The molecule has 3 heteroatoms. The predicted molar refractivity (Wildman–Crippen MR) is 63.5 cm³/mol. The first-order valence-corrected chi connectivity index (χ1v) is 5.45. The quantitative estimate of drug-likeness (QED) is 0.599. The molecule has 1 aromatic rings. The molecule has 0 atom stereocenters. The van der Waals surface area contributed by atoms with E-state index < -0.39 is 0 Å². The number of carbonyl (C=O) groups is 1. The molecule has 0 aromatic heterocycles. The van der Waals surface area contributed by atoms with Gasteiger partial charge in [-0.1, -0.05) is 34.5 Å². The molecule has 0 fully saturated rings. The van der Waals surface area contributed by atoms with Crippen molar-refractivity contribution in [2.24, 2.45) is 0 Å². The highest BCUT2D eigenvalue weighted by Crippen LogP contribution is 2.23. The fourth-order valence-electron chi connectivity index (χ4n) is 1.04. The van der Waals surface area contributed by atoms with Gasteiger partial charge in [0.1, 0.15) is 6.29 Å². The van der Waals surface area contributed by atoms with E-state index in [1.807, 2.05) is 19.1 Å². The molecule has 74 valence electrons. The van der Waals surface area contributed by atoms with E-state index in [1.54, 1.807) is 12.1 Å². The Kier molecular flexibility index (Phi) is 4.36. The highest BCUT2D eigenvalue weighted by Gasteiger charge is 1.99. The molecule has 0 saturated heterocycles. The van der Waals surface area contributed by atoms with E-state index in [1.165, 1.54) is 0 Å². The molecule has 0 N–H and O–H groups in total. The monoisotopic (exact) mass is 272 g/mol. The van der Waals surface area contributed by atoms with Gasteiger partial charge in [0.05, 0.1) is 0 Å². The fraction of sp³-hybridized carbons (Fsp3) is 0.182. The lowest BCUT2D eigenvalue weighted by Gasteiger charge is -2.00. The maximum atomic E-state index is 10.6. The molecular weight excluding hydrogens is 263 g/mol. The van der Waals surface area contributed by atoms with Crippen molar-refractivity contribution >= 4 is 39.9 Å².